The van der Waals surface area contributed by atoms with Crippen LogP contribution in [-0.2, 0) is 6.18 Å². The summed E-state index contributed by atoms with van der Waals surface area (Å²) < 4.78 is 44.3. The summed E-state index contributed by atoms with van der Waals surface area (Å²) in [7, 11) is 4.05. The number of rotatable bonds is 6. The SMILES string of the molecule is CC(C)N1CC[C@H](c2ccc(N(C)C)cc2)[C@@H](COc2ccc(C(F)(F)F)cc2)C1. The van der Waals surface area contributed by atoms with Gasteiger partial charge >= 0.3 is 6.18 Å². The molecule has 0 aromatic heterocycles. The molecule has 2 aromatic rings. The molecule has 0 N–H and O–H groups in total. The number of nitrogens with zero attached hydrogens (tertiary/aromatic N) is 2. The Labute approximate surface area is 177 Å². The van der Waals surface area contributed by atoms with Gasteiger partial charge in [0.2, 0.25) is 0 Å². The lowest BCUT2D eigenvalue weighted by Crippen LogP contribution is -2.45. The number of ether oxygens (including phenoxy) is 1. The predicted molar refractivity (Wildman–Crippen MR) is 115 cm³/mol. The monoisotopic (exact) mass is 420 g/mol. The van der Waals surface area contributed by atoms with Crippen LogP contribution in [0.25, 0.3) is 0 Å². The molecule has 2 atom stereocenters. The molecule has 3 rings (SSSR count). The van der Waals surface area contributed by atoms with Gasteiger partial charge in [-0.05, 0) is 74.7 Å². The fourth-order valence-corrected chi connectivity index (χ4v) is 4.10. The van der Waals surface area contributed by atoms with Gasteiger partial charge in [-0.25, -0.2) is 0 Å². The average Bonchev–Trinajstić information content (AvgIpc) is 2.71. The Balaban J connectivity index is 1.73. The highest BCUT2D eigenvalue weighted by Crippen LogP contribution is 2.35. The van der Waals surface area contributed by atoms with Crippen molar-refractivity contribution < 1.29 is 17.9 Å². The number of piperidine rings is 1. The number of likely N-dealkylation sites (tertiary alicyclic amines) is 1. The molecule has 1 fully saturated rings. The van der Waals surface area contributed by atoms with Gasteiger partial charge in [-0.3, -0.25) is 0 Å². The van der Waals surface area contributed by atoms with Crippen molar-refractivity contribution >= 4 is 5.69 Å². The molecule has 2 aromatic carbocycles. The highest BCUT2D eigenvalue weighted by molar-refractivity contribution is 5.46. The van der Waals surface area contributed by atoms with Crippen LogP contribution >= 0.6 is 0 Å². The normalized spacial score (nSPS) is 20.4. The summed E-state index contributed by atoms with van der Waals surface area (Å²) in [5, 5.41) is 0. The molecule has 0 saturated carbocycles. The zero-order valence-corrected chi connectivity index (χ0v) is 18.1. The molecule has 1 aliphatic heterocycles. The third kappa shape index (κ3) is 5.48. The lowest BCUT2D eigenvalue weighted by atomic mass is 9.80. The first kappa shape index (κ1) is 22.5. The molecule has 0 bridgehead atoms. The quantitative estimate of drug-likeness (QED) is 0.599. The van der Waals surface area contributed by atoms with E-state index >= 15 is 0 Å². The van der Waals surface area contributed by atoms with Crippen LogP contribution in [0.4, 0.5) is 18.9 Å². The topological polar surface area (TPSA) is 15.7 Å². The molecule has 0 amide bonds. The van der Waals surface area contributed by atoms with Crippen molar-refractivity contribution in [1.29, 1.82) is 0 Å². The van der Waals surface area contributed by atoms with Crippen molar-refractivity contribution in [2.75, 3.05) is 38.7 Å². The molecule has 0 spiro atoms. The molecule has 0 unspecified atom stereocenters. The van der Waals surface area contributed by atoms with Gasteiger partial charge in [-0.15, -0.1) is 0 Å². The fourth-order valence-electron chi connectivity index (χ4n) is 4.10. The number of hydrogen-bond acceptors (Lipinski definition) is 3. The smallest absolute Gasteiger partial charge is 0.416 e. The maximum atomic E-state index is 12.8. The first-order valence-corrected chi connectivity index (χ1v) is 10.5. The van der Waals surface area contributed by atoms with Crippen molar-refractivity contribution in [3.05, 3.63) is 59.7 Å². The summed E-state index contributed by atoms with van der Waals surface area (Å²) in [5.41, 5.74) is 1.80. The second-order valence-electron chi connectivity index (χ2n) is 8.56. The van der Waals surface area contributed by atoms with E-state index in [4.69, 9.17) is 4.74 Å². The number of halogens is 3. The molecule has 30 heavy (non-hydrogen) atoms. The van der Waals surface area contributed by atoms with Crippen LogP contribution in [-0.4, -0.2) is 44.7 Å². The maximum Gasteiger partial charge on any atom is 0.416 e. The highest BCUT2D eigenvalue weighted by atomic mass is 19.4. The van der Waals surface area contributed by atoms with Crippen molar-refractivity contribution in [2.45, 2.75) is 38.4 Å². The van der Waals surface area contributed by atoms with Crippen LogP contribution in [0.3, 0.4) is 0 Å². The van der Waals surface area contributed by atoms with Crippen LogP contribution in [0.2, 0.25) is 0 Å². The summed E-state index contributed by atoms with van der Waals surface area (Å²) in [4.78, 5) is 4.53. The first-order valence-electron chi connectivity index (χ1n) is 10.5. The van der Waals surface area contributed by atoms with Gasteiger partial charge in [0.25, 0.3) is 0 Å². The van der Waals surface area contributed by atoms with Crippen LogP contribution in [0.5, 0.6) is 5.75 Å². The minimum atomic E-state index is -4.33. The molecule has 0 radical (unpaired) electrons. The molecular weight excluding hydrogens is 389 g/mol. The lowest BCUT2D eigenvalue weighted by Gasteiger charge is -2.40. The number of anilines is 1. The standard InChI is InChI=1S/C24H31F3N2O/c1-17(2)29-14-13-23(18-5-9-21(10-6-18)28(3)4)19(15-29)16-30-22-11-7-20(8-12-22)24(25,26)27/h5-12,17,19,23H,13-16H2,1-4H3/t19-,23-/m1/s1. The minimum Gasteiger partial charge on any atom is -0.493 e. The van der Waals surface area contributed by atoms with Gasteiger partial charge in [0, 0.05) is 38.3 Å². The third-order valence-corrected chi connectivity index (χ3v) is 5.98. The summed E-state index contributed by atoms with van der Waals surface area (Å²) in [5.74, 6) is 1.12. The molecule has 164 valence electrons. The van der Waals surface area contributed by atoms with Gasteiger partial charge in [0.1, 0.15) is 5.75 Å². The fraction of sp³-hybridized carbons (Fsp3) is 0.500. The molecule has 1 aliphatic rings. The Bertz CT molecular complexity index is 801. The minimum absolute atomic E-state index is 0.272. The first-order chi connectivity index (χ1) is 14.1. The zero-order valence-electron chi connectivity index (χ0n) is 18.1. The summed E-state index contributed by atoms with van der Waals surface area (Å²) in [6.45, 7) is 6.82. The molecular formula is C24H31F3N2O. The van der Waals surface area contributed by atoms with E-state index < -0.39 is 11.7 Å². The van der Waals surface area contributed by atoms with Crippen LogP contribution in [0.1, 0.15) is 37.3 Å². The van der Waals surface area contributed by atoms with Gasteiger partial charge in [-0.1, -0.05) is 12.1 Å². The van der Waals surface area contributed by atoms with Crippen molar-refractivity contribution in [3.63, 3.8) is 0 Å². The van der Waals surface area contributed by atoms with Gasteiger partial charge < -0.3 is 14.5 Å². The Kier molecular flexibility index (Phi) is 6.96. The molecule has 1 heterocycles. The van der Waals surface area contributed by atoms with E-state index in [0.717, 1.165) is 37.3 Å². The van der Waals surface area contributed by atoms with E-state index in [1.54, 1.807) is 0 Å². The second-order valence-corrected chi connectivity index (χ2v) is 8.56. The largest absolute Gasteiger partial charge is 0.493 e. The summed E-state index contributed by atoms with van der Waals surface area (Å²) >= 11 is 0. The predicted octanol–water partition coefficient (Wildman–Crippen LogP) is 5.66. The van der Waals surface area contributed by atoms with Crippen molar-refractivity contribution in [3.8, 4) is 5.75 Å². The summed E-state index contributed by atoms with van der Waals surface area (Å²) in [6.07, 6.45) is -3.29. The van der Waals surface area contributed by atoms with Crippen LogP contribution in [0, 0.1) is 5.92 Å². The van der Waals surface area contributed by atoms with E-state index in [2.05, 4.69) is 47.9 Å². The Hall–Kier alpha value is -2.21. The Morgan fingerprint density at radius 3 is 2.20 bits per heavy atom. The van der Waals surface area contributed by atoms with Crippen LogP contribution < -0.4 is 9.64 Å². The van der Waals surface area contributed by atoms with Gasteiger partial charge in [0.05, 0.1) is 12.2 Å². The molecule has 6 heteroatoms. The Morgan fingerprint density at radius 1 is 1.03 bits per heavy atom. The second kappa shape index (κ2) is 9.29. The van der Waals surface area contributed by atoms with Gasteiger partial charge in [0.15, 0.2) is 0 Å². The Morgan fingerprint density at radius 2 is 1.67 bits per heavy atom. The number of hydrogen-bond donors (Lipinski definition) is 0. The molecule has 1 saturated heterocycles. The average molecular weight is 421 g/mol. The summed E-state index contributed by atoms with van der Waals surface area (Å²) in [6, 6.07) is 14.1. The van der Waals surface area contributed by atoms with E-state index in [1.165, 1.54) is 17.7 Å². The van der Waals surface area contributed by atoms with E-state index in [1.807, 2.05) is 14.1 Å². The maximum absolute atomic E-state index is 12.8. The number of alkyl halides is 3. The molecule has 3 nitrogen and oxygen atoms in total. The molecule has 0 aliphatic carbocycles. The number of benzene rings is 2. The zero-order chi connectivity index (χ0) is 21.9. The highest BCUT2D eigenvalue weighted by Gasteiger charge is 2.32. The van der Waals surface area contributed by atoms with E-state index in [0.29, 0.717) is 24.3 Å². The van der Waals surface area contributed by atoms with Crippen molar-refractivity contribution in [1.82, 2.24) is 4.90 Å². The van der Waals surface area contributed by atoms with E-state index in [9.17, 15) is 13.2 Å². The third-order valence-electron chi connectivity index (χ3n) is 5.98. The lowest BCUT2D eigenvalue weighted by molar-refractivity contribution is -0.137. The van der Waals surface area contributed by atoms with Crippen molar-refractivity contribution in [2.24, 2.45) is 5.92 Å². The van der Waals surface area contributed by atoms with Crippen LogP contribution in [0.15, 0.2) is 48.5 Å². The van der Waals surface area contributed by atoms with E-state index in [-0.39, 0.29) is 5.92 Å². The van der Waals surface area contributed by atoms with Gasteiger partial charge in [-0.2, -0.15) is 13.2 Å².